The van der Waals surface area contributed by atoms with Crippen LogP contribution in [0.2, 0.25) is 0 Å². The topological polar surface area (TPSA) is 66.4 Å². The largest absolute Gasteiger partial charge is 0.353 e. The molecule has 3 heterocycles. The van der Waals surface area contributed by atoms with E-state index >= 15 is 0 Å². The van der Waals surface area contributed by atoms with E-state index in [1.807, 2.05) is 13.0 Å². The Morgan fingerprint density at radius 2 is 1.75 bits per heavy atom. The maximum absolute atomic E-state index is 12.9. The first-order chi connectivity index (χ1) is 13.5. The lowest BCUT2D eigenvalue weighted by Crippen LogP contribution is -2.49. The number of anilines is 1. The molecule has 146 valence electrons. The molecule has 0 unspecified atom stereocenters. The van der Waals surface area contributed by atoms with Crippen molar-refractivity contribution in [3.05, 3.63) is 46.6 Å². The highest BCUT2D eigenvalue weighted by molar-refractivity contribution is 7.89. The van der Waals surface area contributed by atoms with Gasteiger partial charge >= 0.3 is 0 Å². The van der Waals surface area contributed by atoms with Crippen molar-refractivity contribution >= 4 is 37.4 Å². The van der Waals surface area contributed by atoms with Gasteiger partial charge in [-0.1, -0.05) is 18.2 Å². The van der Waals surface area contributed by atoms with E-state index in [1.165, 1.54) is 22.2 Å². The molecule has 1 fully saturated rings. The van der Waals surface area contributed by atoms with Crippen molar-refractivity contribution in [3.63, 3.8) is 0 Å². The molecule has 0 bridgehead atoms. The minimum atomic E-state index is -3.44. The van der Waals surface area contributed by atoms with Crippen LogP contribution in [-0.2, 0) is 22.9 Å². The fourth-order valence-corrected chi connectivity index (χ4v) is 6.94. The zero-order valence-electron chi connectivity index (χ0n) is 15.8. The Balaban J connectivity index is 1.44. The van der Waals surface area contributed by atoms with E-state index in [9.17, 15) is 8.42 Å². The summed E-state index contributed by atoms with van der Waals surface area (Å²) < 4.78 is 27.4. The van der Waals surface area contributed by atoms with Gasteiger partial charge in [-0.05, 0) is 43.9 Å². The quantitative estimate of drug-likeness (QED) is 0.659. The van der Waals surface area contributed by atoms with Gasteiger partial charge in [-0.3, -0.25) is 0 Å². The second kappa shape index (κ2) is 6.79. The fraction of sp³-hybridized carbons (Fsp3) is 0.400. The lowest BCUT2D eigenvalue weighted by Gasteiger charge is -2.35. The van der Waals surface area contributed by atoms with Crippen molar-refractivity contribution in [2.45, 2.75) is 31.1 Å². The first kappa shape index (κ1) is 18.0. The zero-order chi connectivity index (χ0) is 19.3. The third-order valence-electron chi connectivity index (χ3n) is 5.58. The number of aryl methyl sites for hydroxylation is 3. The van der Waals surface area contributed by atoms with Gasteiger partial charge in [-0.25, -0.2) is 18.4 Å². The molecule has 28 heavy (non-hydrogen) atoms. The number of thiophene rings is 1. The summed E-state index contributed by atoms with van der Waals surface area (Å²) in [5, 5.41) is 1.20. The minimum absolute atomic E-state index is 0.361. The van der Waals surface area contributed by atoms with Crippen LogP contribution in [-0.4, -0.2) is 48.9 Å². The van der Waals surface area contributed by atoms with Gasteiger partial charge in [0.1, 0.15) is 16.5 Å². The average Bonchev–Trinajstić information content (AvgIpc) is 3.29. The number of rotatable bonds is 3. The number of nitrogens with zero attached hydrogens (tertiary/aromatic N) is 4. The Morgan fingerprint density at radius 1 is 1.00 bits per heavy atom. The van der Waals surface area contributed by atoms with E-state index in [1.54, 1.807) is 39.9 Å². The summed E-state index contributed by atoms with van der Waals surface area (Å²) in [4.78, 5) is 14.6. The van der Waals surface area contributed by atoms with E-state index in [0.29, 0.717) is 31.1 Å². The molecule has 0 atom stereocenters. The summed E-state index contributed by atoms with van der Waals surface area (Å²) in [6.07, 6.45) is 3.43. The van der Waals surface area contributed by atoms with Crippen LogP contribution < -0.4 is 4.90 Å². The lowest BCUT2D eigenvalue weighted by molar-refractivity contribution is 0.384. The maximum atomic E-state index is 12.9. The van der Waals surface area contributed by atoms with Crippen molar-refractivity contribution in [2.75, 3.05) is 31.1 Å². The van der Waals surface area contributed by atoms with Crippen LogP contribution in [0, 0.1) is 6.92 Å². The molecular formula is C20H22N4O2S2. The molecule has 8 heteroatoms. The Morgan fingerprint density at radius 3 is 2.50 bits per heavy atom. The van der Waals surface area contributed by atoms with Gasteiger partial charge < -0.3 is 4.90 Å². The van der Waals surface area contributed by atoms with Gasteiger partial charge in [0, 0.05) is 31.1 Å². The fourth-order valence-electron chi connectivity index (χ4n) is 4.19. The summed E-state index contributed by atoms with van der Waals surface area (Å²) in [6.45, 7) is 4.15. The van der Waals surface area contributed by atoms with E-state index in [-0.39, 0.29) is 0 Å². The summed E-state index contributed by atoms with van der Waals surface area (Å²) in [6, 6.07) is 8.68. The van der Waals surface area contributed by atoms with E-state index in [4.69, 9.17) is 4.98 Å². The third kappa shape index (κ3) is 2.91. The number of sulfonamides is 1. The number of benzene rings is 1. The van der Waals surface area contributed by atoms with Gasteiger partial charge in [0.2, 0.25) is 10.0 Å². The summed E-state index contributed by atoms with van der Waals surface area (Å²) >= 11 is 1.80. The highest BCUT2D eigenvalue weighted by Gasteiger charge is 2.31. The van der Waals surface area contributed by atoms with Gasteiger partial charge in [0.05, 0.1) is 10.3 Å². The lowest BCUT2D eigenvalue weighted by atomic mass is 10.1. The van der Waals surface area contributed by atoms with Crippen molar-refractivity contribution in [3.8, 4) is 0 Å². The third-order valence-corrected chi connectivity index (χ3v) is 8.68. The predicted octanol–water partition coefficient (Wildman–Crippen LogP) is 3.00. The number of hydrogen-bond donors (Lipinski definition) is 0. The van der Waals surface area contributed by atoms with Crippen LogP contribution in [0.4, 0.5) is 5.82 Å². The van der Waals surface area contributed by atoms with Gasteiger partial charge in [0.25, 0.3) is 0 Å². The highest BCUT2D eigenvalue weighted by atomic mass is 32.2. The first-order valence-electron chi connectivity index (χ1n) is 9.63. The van der Waals surface area contributed by atoms with Gasteiger partial charge in [0.15, 0.2) is 0 Å². The highest BCUT2D eigenvalue weighted by Crippen LogP contribution is 2.40. The summed E-state index contributed by atoms with van der Waals surface area (Å²) in [7, 11) is -3.44. The molecule has 2 aliphatic rings. The van der Waals surface area contributed by atoms with Gasteiger partial charge in [-0.15, -0.1) is 11.3 Å². The molecule has 0 radical (unpaired) electrons. The Labute approximate surface area is 168 Å². The first-order valence-corrected chi connectivity index (χ1v) is 11.9. The van der Waals surface area contributed by atoms with Crippen molar-refractivity contribution in [1.29, 1.82) is 0 Å². The van der Waals surface area contributed by atoms with E-state index in [2.05, 4.69) is 9.88 Å². The molecule has 3 aromatic rings. The molecule has 1 aliphatic heterocycles. The molecule has 5 rings (SSSR count). The Hall–Kier alpha value is -2.03. The Bertz CT molecular complexity index is 1130. The van der Waals surface area contributed by atoms with Crippen LogP contribution in [0.25, 0.3) is 10.2 Å². The molecule has 2 aromatic heterocycles. The number of fused-ring (bicyclic) bond motifs is 3. The van der Waals surface area contributed by atoms with Gasteiger partial charge in [-0.2, -0.15) is 4.31 Å². The van der Waals surface area contributed by atoms with Crippen LogP contribution in [0.3, 0.4) is 0 Å². The van der Waals surface area contributed by atoms with Crippen molar-refractivity contribution < 1.29 is 8.42 Å². The minimum Gasteiger partial charge on any atom is -0.353 e. The SMILES string of the molecule is Cc1nc(N2CCN(S(=O)(=O)c3ccccc3)CC2)c2c3c(sc2n1)CCC3. The normalized spacial score (nSPS) is 18.0. The van der Waals surface area contributed by atoms with E-state index < -0.39 is 10.0 Å². The summed E-state index contributed by atoms with van der Waals surface area (Å²) in [5.41, 5.74) is 1.41. The van der Waals surface area contributed by atoms with Crippen molar-refractivity contribution in [1.82, 2.24) is 14.3 Å². The molecule has 6 nitrogen and oxygen atoms in total. The monoisotopic (exact) mass is 414 g/mol. The second-order valence-electron chi connectivity index (χ2n) is 7.34. The Kier molecular flexibility index (Phi) is 4.37. The average molecular weight is 415 g/mol. The number of hydrogen-bond acceptors (Lipinski definition) is 6. The van der Waals surface area contributed by atoms with E-state index in [0.717, 1.165) is 29.3 Å². The number of aromatic nitrogens is 2. The number of piperazine rings is 1. The zero-order valence-corrected chi connectivity index (χ0v) is 17.4. The molecule has 1 aliphatic carbocycles. The molecular weight excluding hydrogens is 392 g/mol. The van der Waals surface area contributed by atoms with Crippen molar-refractivity contribution in [2.24, 2.45) is 0 Å². The molecule has 0 saturated carbocycles. The maximum Gasteiger partial charge on any atom is 0.243 e. The second-order valence-corrected chi connectivity index (χ2v) is 10.4. The van der Waals surface area contributed by atoms with Crippen LogP contribution in [0.1, 0.15) is 22.7 Å². The molecule has 0 N–H and O–H groups in total. The molecule has 0 amide bonds. The molecule has 1 aromatic carbocycles. The molecule has 0 spiro atoms. The van der Waals surface area contributed by atoms with Crippen LogP contribution in [0.5, 0.6) is 0 Å². The standard InChI is InChI=1S/C20H22N4O2S2/c1-14-21-19(18-16-8-5-9-17(16)27-20(18)22-14)23-10-12-24(13-11-23)28(25,26)15-6-3-2-4-7-15/h2-4,6-7H,5,8-13H2,1H3. The predicted molar refractivity (Wildman–Crippen MR) is 112 cm³/mol. The summed E-state index contributed by atoms with van der Waals surface area (Å²) in [5.74, 6) is 1.76. The van der Waals surface area contributed by atoms with Crippen LogP contribution in [0.15, 0.2) is 35.2 Å². The van der Waals surface area contributed by atoms with Crippen LogP contribution >= 0.6 is 11.3 Å². The molecule has 1 saturated heterocycles. The smallest absolute Gasteiger partial charge is 0.243 e.